The quantitative estimate of drug-likeness (QED) is 0.425. The summed E-state index contributed by atoms with van der Waals surface area (Å²) in [5, 5.41) is 0. The fourth-order valence-electron chi connectivity index (χ4n) is 3.46. The zero-order valence-electron chi connectivity index (χ0n) is 18.4. The van der Waals surface area contributed by atoms with Gasteiger partial charge in [-0.05, 0) is 59.5 Å². The summed E-state index contributed by atoms with van der Waals surface area (Å²) in [7, 11) is -1.95. The lowest BCUT2D eigenvalue weighted by Gasteiger charge is -2.19. The first kappa shape index (κ1) is 21.8. The lowest BCUT2D eigenvalue weighted by molar-refractivity contribution is 0.0734. The van der Waals surface area contributed by atoms with Crippen LogP contribution in [0.4, 0.5) is 5.69 Å². The van der Waals surface area contributed by atoms with Gasteiger partial charge in [0, 0.05) is 18.3 Å². The van der Waals surface area contributed by atoms with Crippen LogP contribution in [0, 0.1) is 0 Å². The molecule has 0 fully saturated rings. The Morgan fingerprint density at radius 2 is 1.53 bits per heavy atom. The SMILES string of the molecule is CN(C1=NS(=O)(=O)c2ccccc21)c1ccc(OC(=O)c2ccc(C(C)(C)C)cc2)cc1. The van der Waals surface area contributed by atoms with E-state index in [9.17, 15) is 13.2 Å². The lowest BCUT2D eigenvalue weighted by Crippen LogP contribution is -2.25. The van der Waals surface area contributed by atoms with Crippen molar-refractivity contribution in [3.05, 3.63) is 89.5 Å². The van der Waals surface area contributed by atoms with Gasteiger partial charge in [-0.3, -0.25) is 0 Å². The molecular formula is C25H24N2O4S. The number of rotatable bonds is 3. The van der Waals surface area contributed by atoms with Crippen molar-refractivity contribution in [2.45, 2.75) is 31.1 Å². The molecule has 7 heteroatoms. The first-order valence-corrected chi connectivity index (χ1v) is 11.6. The molecule has 0 bridgehead atoms. The number of ether oxygens (including phenoxy) is 1. The molecule has 32 heavy (non-hydrogen) atoms. The van der Waals surface area contributed by atoms with Gasteiger partial charge in [0.05, 0.1) is 5.56 Å². The molecule has 164 valence electrons. The van der Waals surface area contributed by atoms with Crippen LogP contribution in [-0.4, -0.2) is 27.3 Å². The van der Waals surface area contributed by atoms with Gasteiger partial charge in [-0.25, -0.2) is 4.79 Å². The number of hydrogen-bond acceptors (Lipinski definition) is 5. The summed E-state index contributed by atoms with van der Waals surface area (Å²) >= 11 is 0. The van der Waals surface area contributed by atoms with Gasteiger partial charge in [-0.2, -0.15) is 8.42 Å². The highest BCUT2D eigenvalue weighted by atomic mass is 32.2. The molecule has 0 amide bonds. The van der Waals surface area contributed by atoms with Crippen molar-refractivity contribution in [2.75, 3.05) is 11.9 Å². The maximum atomic E-state index is 12.5. The molecule has 0 unspecified atom stereocenters. The average molecular weight is 449 g/mol. The molecule has 3 aromatic rings. The highest BCUT2D eigenvalue weighted by molar-refractivity contribution is 7.90. The molecule has 0 aromatic heterocycles. The van der Waals surface area contributed by atoms with Crippen LogP contribution in [0.1, 0.15) is 42.3 Å². The van der Waals surface area contributed by atoms with Crippen LogP contribution in [0.3, 0.4) is 0 Å². The summed E-state index contributed by atoms with van der Waals surface area (Å²) in [6.07, 6.45) is 0. The molecule has 0 N–H and O–H groups in total. The van der Waals surface area contributed by atoms with Gasteiger partial charge in [0.1, 0.15) is 10.6 Å². The Kier molecular flexibility index (Phi) is 5.38. The van der Waals surface area contributed by atoms with E-state index in [4.69, 9.17) is 4.74 Å². The van der Waals surface area contributed by atoms with Gasteiger partial charge in [0.25, 0.3) is 10.0 Å². The monoisotopic (exact) mass is 448 g/mol. The van der Waals surface area contributed by atoms with E-state index < -0.39 is 16.0 Å². The first-order chi connectivity index (χ1) is 15.1. The summed E-state index contributed by atoms with van der Waals surface area (Å²) in [6.45, 7) is 6.35. The first-order valence-electron chi connectivity index (χ1n) is 10.2. The van der Waals surface area contributed by atoms with Gasteiger partial charge in [0.2, 0.25) is 0 Å². The number of sulfonamides is 1. The molecule has 0 radical (unpaired) electrons. The van der Waals surface area contributed by atoms with E-state index in [0.29, 0.717) is 28.4 Å². The predicted octanol–water partition coefficient (Wildman–Crippen LogP) is 4.79. The third-order valence-corrected chi connectivity index (χ3v) is 6.68. The Hall–Kier alpha value is -3.45. The van der Waals surface area contributed by atoms with Crippen LogP contribution < -0.4 is 9.64 Å². The third-order valence-electron chi connectivity index (χ3n) is 5.35. The van der Waals surface area contributed by atoms with Crippen LogP contribution in [0.25, 0.3) is 0 Å². The van der Waals surface area contributed by atoms with Gasteiger partial charge < -0.3 is 9.64 Å². The molecule has 0 saturated heterocycles. The van der Waals surface area contributed by atoms with Crippen LogP contribution in [0.2, 0.25) is 0 Å². The minimum Gasteiger partial charge on any atom is -0.423 e. The number of carbonyl (C=O) groups is 1. The molecule has 0 atom stereocenters. The molecule has 0 aliphatic carbocycles. The topological polar surface area (TPSA) is 76.0 Å². The second kappa shape index (κ2) is 7.91. The summed E-state index contributed by atoms with van der Waals surface area (Å²) in [5.74, 6) is 0.310. The average Bonchev–Trinajstić information content (AvgIpc) is 3.04. The molecule has 1 aliphatic rings. The Balaban J connectivity index is 1.50. The van der Waals surface area contributed by atoms with Crippen molar-refractivity contribution < 1.29 is 17.9 Å². The van der Waals surface area contributed by atoms with E-state index in [1.807, 2.05) is 12.1 Å². The second-order valence-electron chi connectivity index (χ2n) is 8.66. The van der Waals surface area contributed by atoms with Crippen LogP contribution in [-0.2, 0) is 15.4 Å². The standard InChI is InChI=1S/C25H24N2O4S/c1-25(2,3)18-11-9-17(10-12-18)24(28)31-20-15-13-19(14-16-20)27(4)23-21-7-5-6-8-22(21)32(29,30)26-23/h5-16H,1-4H3. The number of fused-ring (bicyclic) bond motifs is 1. The fourth-order valence-corrected chi connectivity index (χ4v) is 4.70. The highest BCUT2D eigenvalue weighted by Crippen LogP contribution is 2.30. The van der Waals surface area contributed by atoms with E-state index in [1.54, 1.807) is 72.6 Å². The van der Waals surface area contributed by atoms with Crippen molar-refractivity contribution >= 4 is 27.5 Å². The molecule has 3 aromatic carbocycles. The molecule has 4 rings (SSSR count). The second-order valence-corrected chi connectivity index (χ2v) is 10.2. The summed E-state index contributed by atoms with van der Waals surface area (Å²) in [5.41, 5.74) is 2.89. The molecule has 1 heterocycles. The summed E-state index contributed by atoms with van der Waals surface area (Å²) in [6, 6.07) is 21.0. The minimum atomic E-state index is -3.70. The maximum Gasteiger partial charge on any atom is 0.343 e. The molecule has 6 nitrogen and oxygen atoms in total. The Morgan fingerprint density at radius 3 is 2.16 bits per heavy atom. The van der Waals surface area contributed by atoms with Crippen LogP contribution >= 0.6 is 0 Å². The number of amidine groups is 1. The van der Waals surface area contributed by atoms with Crippen molar-refractivity contribution in [3.8, 4) is 5.75 Å². The number of nitrogens with zero attached hydrogens (tertiary/aromatic N) is 2. The largest absolute Gasteiger partial charge is 0.423 e. The number of esters is 1. The van der Waals surface area contributed by atoms with Crippen molar-refractivity contribution in [1.82, 2.24) is 0 Å². The van der Waals surface area contributed by atoms with Gasteiger partial charge in [-0.15, -0.1) is 4.40 Å². The summed E-state index contributed by atoms with van der Waals surface area (Å²) < 4.78 is 34.0. The highest BCUT2D eigenvalue weighted by Gasteiger charge is 2.30. The summed E-state index contributed by atoms with van der Waals surface area (Å²) in [4.78, 5) is 14.4. The number of hydrogen-bond donors (Lipinski definition) is 0. The smallest absolute Gasteiger partial charge is 0.343 e. The van der Waals surface area contributed by atoms with Crippen molar-refractivity contribution in [2.24, 2.45) is 4.40 Å². The predicted molar refractivity (Wildman–Crippen MR) is 125 cm³/mol. The van der Waals surface area contributed by atoms with E-state index in [2.05, 4.69) is 25.2 Å². The van der Waals surface area contributed by atoms with Crippen molar-refractivity contribution in [3.63, 3.8) is 0 Å². The maximum absolute atomic E-state index is 12.5. The zero-order valence-corrected chi connectivity index (χ0v) is 19.2. The van der Waals surface area contributed by atoms with E-state index in [0.717, 1.165) is 5.56 Å². The van der Waals surface area contributed by atoms with E-state index >= 15 is 0 Å². The Bertz CT molecular complexity index is 1300. The van der Waals surface area contributed by atoms with Crippen LogP contribution in [0.5, 0.6) is 5.75 Å². The lowest BCUT2D eigenvalue weighted by atomic mass is 9.87. The third kappa shape index (κ3) is 4.16. The molecule has 0 saturated carbocycles. The fraction of sp³-hybridized carbons (Fsp3) is 0.200. The minimum absolute atomic E-state index is 0.00769. The van der Waals surface area contributed by atoms with E-state index in [-0.39, 0.29) is 10.3 Å². The Labute approximate surface area is 188 Å². The van der Waals surface area contributed by atoms with Crippen LogP contribution in [0.15, 0.2) is 82.1 Å². The van der Waals surface area contributed by atoms with Gasteiger partial charge >= 0.3 is 5.97 Å². The molecular weight excluding hydrogens is 424 g/mol. The molecule has 0 spiro atoms. The number of carbonyl (C=O) groups excluding carboxylic acids is 1. The molecule has 1 aliphatic heterocycles. The van der Waals surface area contributed by atoms with Gasteiger partial charge in [0.15, 0.2) is 5.84 Å². The van der Waals surface area contributed by atoms with E-state index in [1.165, 1.54) is 0 Å². The number of benzene rings is 3. The normalized spacial score (nSPS) is 14.4. The Morgan fingerprint density at radius 1 is 0.906 bits per heavy atom. The zero-order chi connectivity index (χ0) is 23.1. The number of anilines is 1. The van der Waals surface area contributed by atoms with Crippen molar-refractivity contribution in [1.29, 1.82) is 0 Å². The van der Waals surface area contributed by atoms with Gasteiger partial charge in [-0.1, -0.05) is 45.0 Å².